The third kappa shape index (κ3) is 13.0. The smallest absolute Gasteiger partial charge is 0.322 e. The van der Waals surface area contributed by atoms with Crippen LogP contribution in [0.15, 0.2) is 33.7 Å². The van der Waals surface area contributed by atoms with Crippen LogP contribution in [-0.4, -0.2) is 184 Å². The molecule has 23 heteroatoms. The van der Waals surface area contributed by atoms with Crippen molar-refractivity contribution in [1.82, 2.24) is 15.0 Å². The second-order valence-electron chi connectivity index (χ2n) is 20.8. The number of aliphatic hydroxyl groups excluding tert-OH is 4. The maximum absolute atomic E-state index is 14.5. The zero-order chi connectivity index (χ0) is 53.3. The lowest BCUT2D eigenvalue weighted by Crippen LogP contribution is -2.61. The normalized spacial score (nSPS) is 39.3. The van der Waals surface area contributed by atoms with Crippen molar-refractivity contribution in [2.75, 3.05) is 37.8 Å². The number of esters is 1. The quantitative estimate of drug-likeness (QED) is 0.150. The minimum absolute atomic E-state index is 0.00321. The number of ether oxygens (including phenoxy) is 6. The number of carbonyl (C=O) groups is 2. The van der Waals surface area contributed by atoms with Crippen LogP contribution in [0.1, 0.15) is 99.3 Å². The van der Waals surface area contributed by atoms with Crippen LogP contribution in [0, 0.1) is 31.6 Å². The summed E-state index contributed by atoms with van der Waals surface area (Å²) < 4.78 is 70.9. The molecule has 0 unspecified atom stereocenters. The van der Waals surface area contributed by atoms with Crippen LogP contribution in [-0.2, 0) is 43.2 Å². The van der Waals surface area contributed by atoms with Gasteiger partial charge in [-0.15, -0.1) is 0 Å². The van der Waals surface area contributed by atoms with Gasteiger partial charge in [0.05, 0.1) is 46.5 Å². The molecule has 2 aromatic rings. The Morgan fingerprint density at radius 1 is 0.958 bits per heavy atom. The first-order valence-corrected chi connectivity index (χ1v) is 25.7. The summed E-state index contributed by atoms with van der Waals surface area (Å²) >= 11 is 0. The standard InChI is InChI=1S/C48H79N5O17S/c1-15-34-48(11,61)38(55)30(8)53(45(59)49-31-16-18-32(19-17-31)71(62,63)51-41-26(4)29(7)50-70-41)23-24(2)21-46(9,60)40(69-44-36(54)33(52(12)13)20-25(3)65-44)27(5)37(28(6)42(57)66-34)67-35-22-47(10,64-14)39(56)43(58)68-35/h16-19,24-25,27-28,30,33-40,43-44,51,54-56,58,60-61H,15,20-23H2,1-14H3,(H,49,59)/t24-,25-,27+,28-,30-,33-,34-,35-,36-,37+,38-,39-,40-,43+,44+,46+,47+,48-/m1/s1. The third-order valence-corrected chi connectivity index (χ3v) is 16.1. The molecule has 2 amide bonds. The second-order valence-corrected chi connectivity index (χ2v) is 22.5. The SMILES string of the molecule is CC[C@H]1OC(=O)[C@H](C)[C@@H](O[C@H]2C[C@](C)(OC)[C@H](O)[C@@H](O)O2)[C@H](C)[C@@H](O[C@@H]2O[C@H](C)C[C@@H](N(C)C)[C@H]2O)[C@@](C)(O)C[C@@H](C)CN(C(=O)Nc2ccc(S(=O)(=O)Nc3onc(C)c3C)cc2)[C@H](C)[C@@H](O)[C@]1(C)O. The number of hydrogen-bond donors (Lipinski definition) is 8. The topological polar surface area (TPSA) is 302 Å². The van der Waals surface area contributed by atoms with Crippen LogP contribution in [0.25, 0.3) is 0 Å². The van der Waals surface area contributed by atoms with Crippen LogP contribution in [0.2, 0.25) is 0 Å². The zero-order valence-electron chi connectivity index (χ0n) is 43.4. The Morgan fingerprint density at radius 3 is 2.15 bits per heavy atom. The molecule has 22 nitrogen and oxygen atoms in total. The first kappa shape index (κ1) is 58.3. The summed E-state index contributed by atoms with van der Waals surface area (Å²) in [5.41, 5.74) is -4.23. The van der Waals surface area contributed by atoms with Gasteiger partial charge in [-0.2, -0.15) is 0 Å². The molecule has 5 rings (SSSR count). The lowest BCUT2D eigenvalue weighted by Gasteiger charge is -2.48. The minimum atomic E-state index is -4.13. The van der Waals surface area contributed by atoms with Gasteiger partial charge in [-0.05, 0) is 119 Å². The average molecular weight is 1030 g/mol. The number of aliphatic hydroxyl groups is 6. The minimum Gasteiger partial charge on any atom is -0.459 e. The summed E-state index contributed by atoms with van der Waals surface area (Å²) in [6, 6.07) is 2.94. The Hall–Kier alpha value is -3.56. The molecule has 4 heterocycles. The number of methoxy groups -OCH3 is 1. The molecular formula is C48H79N5O17S. The second kappa shape index (κ2) is 22.9. The molecule has 1 aromatic heterocycles. The predicted octanol–water partition coefficient (Wildman–Crippen LogP) is 2.84. The van der Waals surface area contributed by atoms with Gasteiger partial charge >= 0.3 is 12.0 Å². The van der Waals surface area contributed by atoms with E-state index < -0.39 is 130 Å². The van der Waals surface area contributed by atoms with Crippen LogP contribution >= 0.6 is 0 Å². The van der Waals surface area contributed by atoms with E-state index in [4.69, 9.17) is 32.9 Å². The Kier molecular flexibility index (Phi) is 18.8. The van der Waals surface area contributed by atoms with Crippen molar-refractivity contribution < 1.29 is 81.6 Å². The molecule has 18 atom stereocenters. The number of likely N-dealkylation sites (N-methyl/N-ethyl adjacent to an activating group) is 1. The number of carbonyl (C=O) groups excluding carboxylic acids is 2. The van der Waals surface area contributed by atoms with Gasteiger partial charge in [0.15, 0.2) is 18.9 Å². The van der Waals surface area contributed by atoms with E-state index in [1.165, 1.54) is 64.0 Å². The maximum atomic E-state index is 14.5. The lowest BCUT2D eigenvalue weighted by atomic mass is 9.77. The predicted molar refractivity (Wildman–Crippen MR) is 257 cm³/mol. The fourth-order valence-corrected chi connectivity index (χ4v) is 11.2. The van der Waals surface area contributed by atoms with E-state index in [0.717, 1.165) is 0 Å². The number of aryl methyl sites for hydroxylation is 1. The Morgan fingerprint density at radius 2 is 1.59 bits per heavy atom. The average Bonchev–Trinajstić information content (AvgIpc) is 3.60. The van der Waals surface area contributed by atoms with E-state index in [-0.39, 0.29) is 42.3 Å². The van der Waals surface area contributed by atoms with Crippen LogP contribution < -0.4 is 10.0 Å². The lowest BCUT2D eigenvalue weighted by molar-refractivity contribution is -0.348. The maximum Gasteiger partial charge on any atom is 0.322 e. The van der Waals surface area contributed by atoms with Gasteiger partial charge in [0.1, 0.15) is 35.6 Å². The fourth-order valence-electron chi connectivity index (χ4n) is 10.1. The number of nitrogens with zero attached hydrogens (tertiary/aromatic N) is 3. The number of nitrogens with one attached hydrogen (secondary N) is 2. The van der Waals surface area contributed by atoms with E-state index in [1.807, 2.05) is 25.9 Å². The van der Waals surface area contributed by atoms with Gasteiger partial charge in [0.2, 0.25) is 5.88 Å². The summed E-state index contributed by atoms with van der Waals surface area (Å²) in [6.45, 7) is 17.5. The van der Waals surface area contributed by atoms with Crippen LogP contribution in [0.5, 0.6) is 0 Å². The largest absolute Gasteiger partial charge is 0.459 e. The number of benzene rings is 1. The highest BCUT2D eigenvalue weighted by Crippen LogP contribution is 2.40. The Bertz CT molecular complexity index is 2210. The van der Waals surface area contributed by atoms with Gasteiger partial charge in [0, 0.05) is 43.3 Å². The first-order chi connectivity index (χ1) is 32.9. The summed E-state index contributed by atoms with van der Waals surface area (Å²) in [4.78, 5) is 32.0. The summed E-state index contributed by atoms with van der Waals surface area (Å²) in [7, 11) is 0.854. The fraction of sp³-hybridized carbons (Fsp3) is 0.771. The Labute approximate surface area is 417 Å². The van der Waals surface area contributed by atoms with Crippen LogP contribution in [0.3, 0.4) is 0 Å². The van der Waals surface area contributed by atoms with Crippen molar-refractivity contribution >= 4 is 33.6 Å². The number of amides is 2. The summed E-state index contributed by atoms with van der Waals surface area (Å²) in [5, 5.41) is 77.0. The summed E-state index contributed by atoms with van der Waals surface area (Å²) in [6.07, 6.45) is -12.9. The molecule has 0 bridgehead atoms. The highest BCUT2D eigenvalue weighted by Gasteiger charge is 2.53. The van der Waals surface area contributed by atoms with Gasteiger partial charge in [-0.25, -0.2) is 17.9 Å². The molecule has 3 aliphatic rings. The molecule has 1 aromatic carbocycles. The molecular weight excluding hydrogens is 951 g/mol. The van der Waals surface area contributed by atoms with Gasteiger partial charge < -0.3 is 78.7 Å². The number of rotatable bonds is 11. The number of urea groups is 1. The number of cyclic esters (lactones) is 1. The zero-order valence-corrected chi connectivity index (χ0v) is 44.2. The molecule has 8 N–H and O–H groups in total. The first-order valence-electron chi connectivity index (χ1n) is 24.2. The van der Waals surface area contributed by atoms with Crippen molar-refractivity contribution in [3.05, 3.63) is 35.5 Å². The number of hydrogen-bond acceptors (Lipinski definition) is 19. The van der Waals surface area contributed by atoms with Crippen molar-refractivity contribution in [3.63, 3.8) is 0 Å². The molecule has 0 aliphatic carbocycles. The molecule has 0 radical (unpaired) electrons. The van der Waals surface area contributed by atoms with E-state index in [1.54, 1.807) is 41.5 Å². The monoisotopic (exact) mass is 1030 g/mol. The van der Waals surface area contributed by atoms with Crippen LogP contribution in [0.4, 0.5) is 16.4 Å². The van der Waals surface area contributed by atoms with E-state index in [0.29, 0.717) is 17.7 Å². The highest BCUT2D eigenvalue weighted by molar-refractivity contribution is 7.92. The van der Waals surface area contributed by atoms with E-state index >= 15 is 0 Å². The van der Waals surface area contributed by atoms with E-state index in [2.05, 4.69) is 15.2 Å². The Balaban J connectivity index is 1.56. The summed E-state index contributed by atoms with van der Waals surface area (Å²) in [5.74, 6) is -3.80. The number of anilines is 2. The number of sulfonamides is 1. The van der Waals surface area contributed by atoms with Gasteiger partial charge in [-0.1, -0.05) is 25.9 Å². The molecule has 404 valence electrons. The highest BCUT2D eigenvalue weighted by atomic mass is 32.2. The molecule has 71 heavy (non-hydrogen) atoms. The van der Waals surface area contributed by atoms with Gasteiger partial charge in [-0.3, -0.25) is 4.79 Å². The molecule has 0 saturated carbocycles. The number of aromatic nitrogens is 1. The van der Waals surface area contributed by atoms with Crippen molar-refractivity contribution in [2.45, 2.75) is 197 Å². The molecule has 3 saturated heterocycles. The van der Waals surface area contributed by atoms with Crippen molar-refractivity contribution in [1.29, 1.82) is 0 Å². The van der Waals surface area contributed by atoms with Gasteiger partial charge in [0.25, 0.3) is 10.0 Å². The molecule has 0 spiro atoms. The van der Waals surface area contributed by atoms with Crippen molar-refractivity contribution in [2.24, 2.45) is 17.8 Å². The van der Waals surface area contributed by atoms with Crippen molar-refractivity contribution in [3.8, 4) is 0 Å². The third-order valence-electron chi connectivity index (χ3n) is 14.7. The molecule has 3 fully saturated rings. The van der Waals surface area contributed by atoms with E-state index in [9.17, 15) is 48.6 Å². The molecule has 3 aliphatic heterocycles.